The van der Waals surface area contributed by atoms with Gasteiger partial charge >= 0.3 is 0 Å². The van der Waals surface area contributed by atoms with E-state index in [1.54, 1.807) is 0 Å². The van der Waals surface area contributed by atoms with Crippen molar-refractivity contribution in [2.75, 3.05) is 6.54 Å². The molecule has 6 atom stereocenters. The maximum atomic E-state index is 13.1. The van der Waals surface area contributed by atoms with Crippen LogP contribution in [0.2, 0.25) is 0 Å². The summed E-state index contributed by atoms with van der Waals surface area (Å²) in [5, 5.41) is 0. The highest BCUT2D eigenvalue weighted by molar-refractivity contribution is 5.78. The first-order valence-corrected chi connectivity index (χ1v) is 10.4. The third kappa shape index (κ3) is 2.66. The Balaban J connectivity index is 1.49. The number of fused-ring (bicyclic) bond motifs is 2. The Morgan fingerprint density at radius 1 is 1.15 bits per heavy atom. The number of carbonyl (C=O) groups excluding carboxylic acids is 1. The van der Waals surface area contributed by atoms with Crippen LogP contribution < -0.4 is 0 Å². The van der Waals surface area contributed by atoms with E-state index in [0.717, 1.165) is 32.1 Å². The third-order valence-corrected chi connectivity index (χ3v) is 7.40. The van der Waals surface area contributed by atoms with Crippen molar-refractivity contribution in [3.05, 3.63) is 35.9 Å². The van der Waals surface area contributed by atoms with Gasteiger partial charge in [0.05, 0.1) is 0 Å². The monoisotopic (exact) mass is 371 g/mol. The van der Waals surface area contributed by atoms with Gasteiger partial charge in [0.25, 0.3) is 0 Å². The molecule has 1 spiro atoms. The molecular weight excluding hydrogens is 342 g/mol. The van der Waals surface area contributed by atoms with E-state index in [0.29, 0.717) is 24.8 Å². The smallest absolute Gasteiger partial charge is 0.225 e. The van der Waals surface area contributed by atoms with Crippen LogP contribution in [-0.4, -0.2) is 35.0 Å². The second kappa shape index (κ2) is 6.29. The van der Waals surface area contributed by atoms with Crippen LogP contribution in [0.5, 0.6) is 0 Å². The summed E-state index contributed by atoms with van der Waals surface area (Å²) in [5.41, 5.74) is 0.721. The molecule has 4 saturated heterocycles. The van der Waals surface area contributed by atoms with Crippen molar-refractivity contribution in [1.82, 2.24) is 4.90 Å². The number of piperidine rings is 1. The molecule has 27 heavy (non-hydrogen) atoms. The summed E-state index contributed by atoms with van der Waals surface area (Å²) in [6, 6.07) is 10.3. The van der Waals surface area contributed by atoms with E-state index in [1.807, 2.05) is 30.0 Å². The number of benzene rings is 1. The average molecular weight is 371 g/mol. The molecule has 5 nitrogen and oxygen atoms in total. The molecule has 5 aliphatic rings. The van der Waals surface area contributed by atoms with Crippen LogP contribution in [0.15, 0.2) is 30.3 Å². The van der Waals surface area contributed by atoms with Gasteiger partial charge in [-0.1, -0.05) is 37.3 Å². The van der Waals surface area contributed by atoms with Gasteiger partial charge in [-0.2, -0.15) is 0 Å². The zero-order valence-electron chi connectivity index (χ0n) is 16.2. The van der Waals surface area contributed by atoms with E-state index in [4.69, 9.17) is 14.5 Å². The third-order valence-electron chi connectivity index (χ3n) is 7.40. The van der Waals surface area contributed by atoms with E-state index in [2.05, 4.69) is 19.1 Å². The highest BCUT2D eigenvalue weighted by Crippen LogP contribution is 2.59. The first kappa shape index (κ1) is 17.7. The number of hydrogen-bond acceptors (Lipinski definition) is 4. The lowest BCUT2D eigenvalue weighted by Crippen LogP contribution is -2.73. The molecule has 0 unspecified atom stereocenters. The predicted molar refractivity (Wildman–Crippen MR) is 99.3 cm³/mol. The van der Waals surface area contributed by atoms with Crippen LogP contribution in [0.4, 0.5) is 0 Å². The molecule has 146 valence electrons. The fourth-order valence-corrected chi connectivity index (χ4v) is 5.89. The summed E-state index contributed by atoms with van der Waals surface area (Å²) in [6.45, 7) is 4.93. The Kier molecular flexibility index (Phi) is 4.12. The molecule has 5 fully saturated rings. The number of hydrogen-bond donors (Lipinski definition) is 0. The minimum atomic E-state index is -0.764. The van der Waals surface area contributed by atoms with Crippen LogP contribution in [0.3, 0.4) is 0 Å². The van der Waals surface area contributed by atoms with Gasteiger partial charge in [0.2, 0.25) is 11.7 Å². The summed E-state index contributed by atoms with van der Waals surface area (Å²) >= 11 is 0. The van der Waals surface area contributed by atoms with Gasteiger partial charge in [0.15, 0.2) is 11.8 Å². The fraction of sp³-hybridized carbons (Fsp3) is 0.682. The molecule has 1 amide bonds. The number of nitrogens with zero attached hydrogens (tertiary/aromatic N) is 1. The maximum absolute atomic E-state index is 13.1. The fourth-order valence-electron chi connectivity index (χ4n) is 5.89. The Bertz CT molecular complexity index is 720. The number of rotatable bonds is 3. The first-order chi connectivity index (χ1) is 13.0. The van der Waals surface area contributed by atoms with Crippen LogP contribution in [-0.2, 0) is 25.7 Å². The quantitative estimate of drug-likeness (QED) is 0.761. The summed E-state index contributed by atoms with van der Waals surface area (Å²) in [6.07, 6.45) is 5.03. The van der Waals surface area contributed by atoms with E-state index in [1.165, 1.54) is 5.56 Å². The highest BCUT2D eigenvalue weighted by Gasteiger charge is 2.68. The van der Waals surface area contributed by atoms with Gasteiger partial charge in [-0.25, -0.2) is 9.78 Å². The van der Waals surface area contributed by atoms with Crippen molar-refractivity contribution in [3.8, 4) is 0 Å². The Morgan fingerprint density at radius 2 is 1.96 bits per heavy atom. The van der Waals surface area contributed by atoms with E-state index < -0.39 is 11.4 Å². The predicted octanol–water partition coefficient (Wildman–Crippen LogP) is 3.68. The molecule has 0 N–H and O–H groups in total. The largest absolute Gasteiger partial charge is 0.321 e. The molecule has 1 aromatic carbocycles. The van der Waals surface area contributed by atoms with E-state index in [9.17, 15) is 4.79 Å². The molecule has 1 aliphatic carbocycles. The topological polar surface area (TPSA) is 48.0 Å². The average Bonchev–Trinajstić information content (AvgIpc) is 2.90. The van der Waals surface area contributed by atoms with Crippen molar-refractivity contribution in [2.45, 2.75) is 70.0 Å². The van der Waals surface area contributed by atoms with Crippen molar-refractivity contribution in [2.24, 2.45) is 17.8 Å². The van der Waals surface area contributed by atoms with Gasteiger partial charge < -0.3 is 9.64 Å². The highest BCUT2D eigenvalue weighted by atomic mass is 17.3. The van der Waals surface area contributed by atoms with Crippen molar-refractivity contribution in [1.29, 1.82) is 0 Å². The minimum Gasteiger partial charge on any atom is -0.321 e. The molecule has 1 aromatic rings. The Morgan fingerprint density at radius 3 is 2.78 bits per heavy atom. The molecule has 1 saturated carbocycles. The number of ether oxygens (including phenoxy) is 1. The maximum Gasteiger partial charge on any atom is 0.225 e. The van der Waals surface area contributed by atoms with Crippen LogP contribution in [0, 0.1) is 17.8 Å². The molecular formula is C22H29NO4. The molecule has 0 radical (unpaired) electrons. The SMILES string of the molecule is C[C@@H]1CC[C@H]2CC(=O)N(CCc3ccccc3)[C@@H]3O[C@@]4(C)CC[C@@H]1[C@@]23OO4. The van der Waals surface area contributed by atoms with E-state index >= 15 is 0 Å². The van der Waals surface area contributed by atoms with Crippen molar-refractivity contribution >= 4 is 5.91 Å². The number of carbonyl (C=O) groups is 1. The summed E-state index contributed by atoms with van der Waals surface area (Å²) in [4.78, 5) is 27.1. The number of amides is 1. The molecule has 4 aliphatic heterocycles. The first-order valence-electron chi connectivity index (χ1n) is 10.4. The minimum absolute atomic E-state index is 0.187. The Hall–Kier alpha value is -1.43. The Labute approximate surface area is 160 Å². The van der Waals surface area contributed by atoms with Crippen molar-refractivity contribution < 1.29 is 19.3 Å². The van der Waals surface area contributed by atoms with Crippen LogP contribution in [0.1, 0.15) is 51.5 Å². The lowest BCUT2D eigenvalue weighted by Gasteiger charge is -2.60. The number of likely N-dealkylation sites (tertiary alicyclic amines) is 1. The van der Waals surface area contributed by atoms with E-state index in [-0.39, 0.29) is 18.1 Å². The van der Waals surface area contributed by atoms with Gasteiger partial charge in [-0.3, -0.25) is 4.79 Å². The van der Waals surface area contributed by atoms with Gasteiger partial charge in [0.1, 0.15) is 0 Å². The lowest BCUT2D eigenvalue weighted by molar-refractivity contribution is -0.545. The standard InChI is InChI=1S/C22H29NO4/c1-15-8-9-17-14-19(24)23(13-11-16-6-4-3-5-7-16)20-22(17)18(15)10-12-21(2,25-20)26-27-22/h3-7,15,17-18,20H,8-14H2,1-2H3/t15-,17+,18+,20-,21-,22+/m1/s1. The summed E-state index contributed by atoms with van der Waals surface area (Å²) in [5.74, 6) is 0.546. The lowest BCUT2D eigenvalue weighted by atomic mass is 9.59. The normalized spacial score (nSPS) is 43.3. The molecule has 5 heteroatoms. The van der Waals surface area contributed by atoms with Gasteiger partial charge in [-0.15, -0.1) is 0 Å². The summed E-state index contributed by atoms with van der Waals surface area (Å²) in [7, 11) is 0. The van der Waals surface area contributed by atoms with Crippen LogP contribution in [0.25, 0.3) is 0 Å². The molecule has 6 rings (SSSR count). The molecule has 2 bridgehead atoms. The van der Waals surface area contributed by atoms with Crippen molar-refractivity contribution in [3.63, 3.8) is 0 Å². The summed E-state index contributed by atoms with van der Waals surface area (Å²) < 4.78 is 6.51. The second-order valence-electron chi connectivity index (χ2n) is 9.05. The van der Waals surface area contributed by atoms with Gasteiger partial charge in [-0.05, 0) is 50.0 Å². The molecule has 4 heterocycles. The van der Waals surface area contributed by atoms with Gasteiger partial charge in [0, 0.05) is 25.3 Å². The zero-order valence-corrected chi connectivity index (χ0v) is 16.2. The molecule has 0 aromatic heterocycles. The second-order valence-corrected chi connectivity index (χ2v) is 9.05. The zero-order chi connectivity index (χ0) is 18.6. The van der Waals surface area contributed by atoms with Crippen LogP contribution >= 0.6 is 0 Å².